The number of benzene rings is 1. The van der Waals surface area contributed by atoms with E-state index >= 15 is 0 Å². The fourth-order valence-electron chi connectivity index (χ4n) is 3.14. The number of nitrogens with one attached hydrogen (secondary N) is 1. The van der Waals surface area contributed by atoms with Gasteiger partial charge in [0.05, 0.1) is 0 Å². The number of carbonyl (C=O) groups excluding carboxylic acids is 1. The van der Waals surface area contributed by atoms with Crippen molar-refractivity contribution in [3.8, 4) is 5.75 Å². The molecule has 0 radical (unpaired) electrons. The van der Waals surface area contributed by atoms with Gasteiger partial charge >= 0.3 is 6.09 Å². The minimum absolute atomic E-state index is 0.0624. The molecule has 22 heavy (non-hydrogen) atoms. The number of phenolic OH excluding ortho intramolecular Hbond substituents is 1. The Balaban J connectivity index is 2.25. The Morgan fingerprint density at radius 2 is 2.05 bits per heavy atom. The number of hydrogen-bond acceptors (Lipinski definition) is 4. The summed E-state index contributed by atoms with van der Waals surface area (Å²) in [5, 5.41) is 12.6. The molecule has 1 aliphatic carbocycles. The molecule has 1 fully saturated rings. The summed E-state index contributed by atoms with van der Waals surface area (Å²) in [5.41, 5.74) is 6.92. The Kier molecular flexibility index (Phi) is 4.13. The summed E-state index contributed by atoms with van der Waals surface area (Å²) in [6, 6.07) is 4.97. The van der Waals surface area contributed by atoms with Gasteiger partial charge < -0.3 is 15.6 Å². The van der Waals surface area contributed by atoms with Gasteiger partial charge in [0.15, 0.2) is 0 Å². The first-order valence-corrected chi connectivity index (χ1v) is 7.59. The zero-order valence-corrected chi connectivity index (χ0v) is 13.9. The molecule has 5 nitrogen and oxygen atoms in total. The fourth-order valence-corrected chi connectivity index (χ4v) is 3.14. The fraction of sp³-hybridized carbons (Fsp3) is 0.588. The van der Waals surface area contributed by atoms with E-state index in [1.54, 1.807) is 18.2 Å². The van der Waals surface area contributed by atoms with Crippen LogP contribution in [0.15, 0.2) is 18.2 Å². The second-order valence-corrected chi connectivity index (χ2v) is 7.54. The number of amides is 1. The quantitative estimate of drug-likeness (QED) is 0.747. The van der Waals surface area contributed by atoms with Crippen LogP contribution in [0, 0.1) is 11.3 Å². The third kappa shape index (κ3) is 3.35. The predicted molar refractivity (Wildman–Crippen MR) is 87.0 cm³/mol. The van der Waals surface area contributed by atoms with Gasteiger partial charge in [0.1, 0.15) is 11.4 Å². The van der Waals surface area contributed by atoms with Gasteiger partial charge in [-0.1, -0.05) is 13.8 Å². The molecule has 1 saturated carbocycles. The first-order chi connectivity index (χ1) is 10.1. The Bertz CT molecular complexity index is 576. The number of anilines is 1. The molecule has 0 bridgehead atoms. The molecule has 5 heteroatoms. The van der Waals surface area contributed by atoms with Crippen LogP contribution in [0.3, 0.4) is 0 Å². The lowest BCUT2D eigenvalue weighted by atomic mass is 10.0. The summed E-state index contributed by atoms with van der Waals surface area (Å²) in [4.78, 5) is 12.0. The maximum absolute atomic E-state index is 12.0. The van der Waals surface area contributed by atoms with Crippen molar-refractivity contribution in [1.29, 1.82) is 0 Å². The van der Waals surface area contributed by atoms with Crippen LogP contribution in [0.5, 0.6) is 5.75 Å². The summed E-state index contributed by atoms with van der Waals surface area (Å²) < 4.78 is 5.29. The highest BCUT2D eigenvalue weighted by Gasteiger charge is 2.58. The SMILES string of the molecule is CC(C)(C)OC(=O)Nc1ccc(O)cc1[C@H]1[C@H](CN)C1(C)C. The number of carbonyl (C=O) groups is 1. The Labute approximate surface area is 131 Å². The Morgan fingerprint density at radius 1 is 1.41 bits per heavy atom. The number of phenols is 1. The van der Waals surface area contributed by atoms with Crippen LogP contribution >= 0.6 is 0 Å². The maximum Gasteiger partial charge on any atom is 0.412 e. The van der Waals surface area contributed by atoms with Gasteiger partial charge in [0.2, 0.25) is 0 Å². The van der Waals surface area contributed by atoms with Gasteiger partial charge in [-0.15, -0.1) is 0 Å². The van der Waals surface area contributed by atoms with E-state index in [-0.39, 0.29) is 17.1 Å². The lowest BCUT2D eigenvalue weighted by molar-refractivity contribution is 0.0635. The molecular weight excluding hydrogens is 280 g/mol. The second kappa shape index (κ2) is 5.47. The van der Waals surface area contributed by atoms with Crippen LogP contribution in [0.25, 0.3) is 0 Å². The van der Waals surface area contributed by atoms with Gasteiger partial charge in [-0.2, -0.15) is 0 Å². The molecule has 1 amide bonds. The van der Waals surface area contributed by atoms with Crippen LogP contribution in [0.1, 0.15) is 46.1 Å². The van der Waals surface area contributed by atoms with Crippen molar-refractivity contribution in [1.82, 2.24) is 0 Å². The van der Waals surface area contributed by atoms with E-state index in [1.165, 1.54) is 0 Å². The smallest absolute Gasteiger partial charge is 0.412 e. The zero-order valence-electron chi connectivity index (χ0n) is 13.9. The standard InChI is InChI=1S/C17H26N2O3/c1-16(2,3)22-15(21)19-13-7-6-10(20)8-11(13)14-12(9-18)17(14,4)5/h6-8,12,14,20H,9,18H2,1-5H3,(H,19,21)/t12-,14-/m0/s1. The topological polar surface area (TPSA) is 84.6 Å². The molecular formula is C17H26N2O3. The summed E-state index contributed by atoms with van der Waals surface area (Å²) in [5.74, 6) is 0.742. The van der Waals surface area contributed by atoms with Crippen molar-refractivity contribution in [3.63, 3.8) is 0 Å². The highest BCUT2D eigenvalue weighted by atomic mass is 16.6. The number of nitrogens with two attached hydrogens (primary N) is 1. The van der Waals surface area contributed by atoms with Gasteiger partial charge in [0.25, 0.3) is 0 Å². The molecule has 0 saturated heterocycles. The second-order valence-electron chi connectivity index (χ2n) is 7.54. The van der Waals surface area contributed by atoms with Crippen molar-refractivity contribution in [2.45, 2.75) is 46.1 Å². The number of ether oxygens (including phenoxy) is 1. The molecule has 0 unspecified atom stereocenters. The third-order valence-corrected chi connectivity index (χ3v) is 4.31. The Hall–Kier alpha value is -1.75. The summed E-state index contributed by atoms with van der Waals surface area (Å²) in [6.07, 6.45) is -0.498. The van der Waals surface area contributed by atoms with Crippen LogP contribution < -0.4 is 11.1 Å². The largest absolute Gasteiger partial charge is 0.508 e. The summed E-state index contributed by atoms with van der Waals surface area (Å²) >= 11 is 0. The summed E-state index contributed by atoms with van der Waals surface area (Å²) in [6.45, 7) is 10.3. The van der Waals surface area contributed by atoms with Crippen LogP contribution in [-0.4, -0.2) is 23.3 Å². The van der Waals surface area contributed by atoms with Crippen LogP contribution in [0.4, 0.5) is 10.5 Å². The van der Waals surface area contributed by atoms with Gasteiger partial charge in [-0.25, -0.2) is 4.79 Å². The molecule has 1 aromatic rings. The maximum atomic E-state index is 12.0. The van der Waals surface area contributed by atoms with Gasteiger partial charge in [-0.3, -0.25) is 5.32 Å². The normalized spacial score (nSPS) is 23.0. The average molecular weight is 306 g/mol. The zero-order chi connectivity index (χ0) is 16.7. The third-order valence-electron chi connectivity index (χ3n) is 4.31. The molecule has 122 valence electrons. The van der Waals surface area contributed by atoms with E-state index in [4.69, 9.17) is 10.5 Å². The lowest BCUT2D eigenvalue weighted by Crippen LogP contribution is -2.27. The van der Waals surface area contributed by atoms with Crippen molar-refractivity contribution in [3.05, 3.63) is 23.8 Å². The van der Waals surface area contributed by atoms with E-state index in [2.05, 4.69) is 19.2 Å². The molecule has 0 spiro atoms. The average Bonchev–Trinajstić information content (AvgIpc) is 2.90. The van der Waals surface area contributed by atoms with Crippen molar-refractivity contribution >= 4 is 11.8 Å². The van der Waals surface area contributed by atoms with Gasteiger partial charge in [-0.05, 0) is 68.3 Å². The highest BCUT2D eigenvalue weighted by molar-refractivity contribution is 5.86. The van der Waals surface area contributed by atoms with Crippen molar-refractivity contribution in [2.75, 3.05) is 11.9 Å². The predicted octanol–water partition coefficient (Wildman–Crippen LogP) is 3.44. The van der Waals surface area contributed by atoms with Gasteiger partial charge in [0, 0.05) is 5.69 Å². The minimum Gasteiger partial charge on any atom is -0.508 e. The van der Waals surface area contributed by atoms with Crippen LogP contribution in [-0.2, 0) is 4.74 Å². The molecule has 0 aromatic heterocycles. The number of rotatable bonds is 3. The Morgan fingerprint density at radius 3 is 2.55 bits per heavy atom. The number of aromatic hydroxyl groups is 1. The van der Waals surface area contributed by atoms with E-state index < -0.39 is 11.7 Å². The monoisotopic (exact) mass is 306 g/mol. The molecule has 1 aliphatic rings. The van der Waals surface area contributed by atoms with Crippen molar-refractivity contribution < 1.29 is 14.6 Å². The molecule has 2 rings (SSSR count). The first-order valence-electron chi connectivity index (χ1n) is 7.59. The van der Waals surface area contributed by atoms with E-state index in [9.17, 15) is 9.90 Å². The summed E-state index contributed by atoms with van der Waals surface area (Å²) in [7, 11) is 0. The molecule has 4 N–H and O–H groups in total. The molecule has 0 aliphatic heterocycles. The first kappa shape index (κ1) is 16.6. The number of hydrogen-bond donors (Lipinski definition) is 3. The van der Waals surface area contributed by atoms with Crippen LogP contribution in [0.2, 0.25) is 0 Å². The lowest BCUT2D eigenvalue weighted by Gasteiger charge is -2.21. The van der Waals surface area contributed by atoms with E-state index in [0.717, 1.165) is 5.56 Å². The molecule has 2 atom stereocenters. The van der Waals surface area contributed by atoms with Crippen molar-refractivity contribution in [2.24, 2.45) is 17.1 Å². The molecule has 0 heterocycles. The van der Waals surface area contributed by atoms with E-state index in [0.29, 0.717) is 18.2 Å². The minimum atomic E-state index is -0.556. The van der Waals surface area contributed by atoms with E-state index in [1.807, 2.05) is 20.8 Å². The highest BCUT2D eigenvalue weighted by Crippen LogP contribution is 2.65. The molecule has 1 aromatic carbocycles.